The zero-order valence-electron chi connectivity index (χ0n) is 9.29. The normalized spacial score (nSPS) is 13.8. The molecule has 0 aromatic rings. The van der Waals surface area contributed by atoms with E-state index >= 15 is 0 Å². The number of ketones is 2. The summed E-state index contributed by atoms with van der Waals surface area (Å²) in [7, 11) is 2.13. The molecule has 0 radical (unpaired) electrons. The summed E-state index contributed by atoms with van der Waals surface area (Å²) in [5.41, 5.74) is -0.595. The molecular weight excluding hydrogens is 199 g/mol. The molecule has 0 N–H and O–H groups in total. The summed E-state index contributed by atoms with van der Waals surface area (Å²) in [6.45, 7) is 6.95. The van der Waals surface area contributed by atoms with Crippen molar-refractivity contribution in [2.24, 2.45) is 5.41 Å². The molecule has 0 spiro atoms. The Hall–Kier alpha value is -0.270. The van der Waals surface area contributed by atoms with Crippen molar-refractivity contribution in [3.05, 3.63) is 0 Å². The van der Waals surface area contributed by atoms with Crippen LogP contribution in [0.4, 0.5) is 0 Å². The van der Waals surface area contributed by atoms with Gasteiger partial charge in [0.2, 0.25) is 0 Å². The van der Waals surface area contributed by atoms with Crippen LogP contribution < -0.4 is 0 Å². The minimum atomic E-state index is -0.595. The minimum Gasteiger partial charge on any atom is -0.361 e. The third kappa shape index (κ3) is 3.47. The summed E-state index contributed by atoms with van der Waals surface area (Å²) in [4.78, 5) is 22.6. The van der Waals surface area contributed by atoms with Crippen LogP contribution in [0.3, 0.4) is 0 Å². The van der Waals surface area contributed by atoms with Crippen LogP contribution in [0.2, 0.25) is 0 Å². The van der Waals surface area contributed by atoms with E-state index in [1.165, 1.54) is 6.92 Å². The lowest BCUT2D eigenvalue weighted by Crippen LogP contribution is -2.38. The van der Waals surface area contributed by atoms with Gasteiger partial charge in [0, 0.05) is 22.3 Å². The van der Waals surface area contributed by atoms with Crippen LogP contribution in [0.25, 0.3) is 0 Å². The highest BCUT2D eigenvalue weighted by Gasteiger charge is 2.36. The average Bonchev–Trinajstić information content (AvgIpc) is 2.12. The van der Waals surface area contributed by atoms with Crippen molar-refractivity contribution < 1.29 is 14.1 Å². The number of rotatable bonds is 6. The molecule has 2 unspecified atom stereocenters. The Kier molecular flexibility index (Phi) is 5.46. The Balaban J connectivity index is 4.64. The predicted octanol–water partition coefficient (Wildman–Crippen LogP) is 2.15. The number of hydrogen-bond acceptors (Lipinski definition) is 3. The maximum atomic E-state index is 11.6. The molecule has 0 heterocycles. The highest BCUT2D eigenvalue weighted by atomic mass is 31.0. The van der Waals surface area contributed by atoms with Crippen molar-refractivity contribution in [3.63, 3.8) is 0 Å². The Morgan fingerprint density at radius 3 is 2.21 bits per heavy atom. The predicted molar refractivity (Wildman–Crippen MR) is 59.0 cm³/mol. The first kappa shape index (κ1) is 13.7. The number of carbonyl (C=O) groups excluding carboxylic acids is 2. The van der Waals surface area contributed by atoms with E-state index in [0.717, 1.165) is 0 Å². The molecule has 0 fully saturated rings. The lowest BCUT2D eigenvalue weighted by Gasteiger charge is -2.30. The van der Waals surface area contributed by atoms with Gasteiger partial charge in [-0.05, 0) is 6.92 Å². The second-order valence-electron chi connectivity index (χ2n) is 4.03. The highest BCUT2D eigenvalue weighted by Crippen LogP contribution is 2.29. The van der Waals surface area contributed by atoms with Gasteiger partial charge in [-0.2, -0.15) is 0 Å². The Morgan fingerprint density at radius 1 is 1.43 bits per heavy atom. The van der Waals surface area contributed by atoms with Gasteiger partial charge in [0.15, 0.2) is 0 Å². The largest absolute Gasteiger partial charge is 0.361 e. The molecule has 0 aromatic heterocycles. The fourth-order valence-electron chi connectivity index (χ4n) is 1.37. The second-order valence-corrected chi connectivity index (χ2v) is 4.30. The number of hydrogen-bond donors (Lipinski definition) is 0. The van der Waals surface area contributed by atoms with Crippen LogP contribution in [0.1, 0.15) is 40.5 Å². The molecule has 3 nitrogen and oxygen atoms in total. The minimum absolute atomic E-state index is 0.0365. The van der Waals surface area contributed by atoms with Gasteiger partial charge in [-0.15, -0.1) is 0 Å². The van der Waals surface area contributed by atoms with Crippen LogP contribution in [0, 0.1) is 5.41 Å². The van der Waals surface area contributed by atoms with E-state index in [-0.39, 0.29) is 24.1 Å². The van der Waals surface area contributed by atoms with E-state index < -0.39 is 5.41 Å². The first-order valence-corrected chi connectivity index (χ1v) is 5.21. The molecule has 0 bridgehead atoms. The molecule has 0 aliphatic heterocycles. The van der Waals surface area contributed by atoms with Gasteiger partial charge in [0.1, 0.15) is 11.6 Å². The first-order chi connectivity index (χ1) is 6.36. The van der Waals surface area contributed by atoms with Gasteiger partial charge in [-0.25, -0.2) is 0 Å². The fraction of sp³-hybridized carbons (Fsp3) is 0.800. The van der Waals surface area contributed by atoms with Gasteiger partial charge in [0.05, 0.1) is 11.5 Å². The maximum absolute atomic E-state index is 11.6. The van der Waals surface area contributed by atoms with Gasteiger partial charge in [-0.3, -0.25) is 9.59 Å². The molecule has 2 atom stereocenters. The van der Waals surface area contributed by atoms with E-state index in [0.29, 0.717) is 6.42 Å². The molecule has 0 rings (SSSR count). The molecule has 0 aliphatic carbocycles. The summed E-state index contributed by atoms with van der Waals surface area (Å²) >= 11 is 0. The Bertz CT molecular complexity index is 223. The Labute approximate surface area is 87.9 Å². The van der Waals surface area contributed by atoms with E-state index in [2.05, 4.69) is 9.47 Å². The molecule has 0 saturated heterocycles. The van der Waals surface area contributed by atoms with Crippen LogP contribution in [-0.2, 0) is 14.1 Å². The second kappa shape index (κ2) is 5.57. The van der Waals surface area contributed by atoms with Crippen molar-refractivity contribution in [2.45, 2.75) is 46.6 Å². The maximum Gasteiger partial charge on any atom is 0.140 e. The average molecular weight is 218 g/mol. The zero-order valence-corrected chi connectivity index (χ0v) is 10.4. The van der Waals surface area contributed by atoms with E-state index in [1.807, 2.05) is 20.8 Å². The summed E-state index contributed by atoms with van der Waals surface area (Å²) in [5, 5.41) is 0. The van der Waals surface area contributed by atoms with E-state index in [1.54, 1.807) is 0 Å². The quantitative estimate of drug-likeness (QED) is 0.641. The van der Waals surface area contributed by atoms with Crippen LogP contribution in [0.15, 0.2) is 0 Å². The van der Waals surface area contributed by atoms with Crippen LogP contribution >= 0.6 is 9.47 Å². The smallest absolute Gasteiger partial charge is 0.140 e. The standard InChI is InChI=1S/C10H19O3P/c1-5-8(12)10(3,4)9(13-14)6-7(2)11/h9H,5-6,14H2,1-4H3. The highest BCUT2D eigenvalue weighted by molar-refractivity contribution is 7.09. The summed E-state index contributed by atoms with van der Waals surface area (Å²) < 4.78 is 5.12. The fourth-order valence-corrected chi connectivity index (χ4v) is 1.81. The van der Waals surface area contributed by atoms with Crippen molar-refractivity contribution >= 4 is 21.0 Å². The number of carbonyl (C=O) groups is 2. The van der Waals surface area contributed by atoms with E-state index in [4.69, 9.17) is 4.52 Å². The molecule has 4 heteroatoms. The third-order valence-electron chi connectivity index (χ3n) is 2.48. The topological polar surface area (TPSA) is 43.4 Å². The zero-order chi connectivity index (χ0) is 11.4. The molecule has 82 valence electrons. The summed E-state index contributed by atoms with van der Waals surface area (Å²) in [6, 6.07) is 0. The van der Waals surface area contributed by atoms with Crippen molar-refractivity contribution in [3.8, 4) is 0 Å². The van der Waals surface area contributed by atoms with Gasteiger partial charge < -0.3 is 4.52 Å². The molecule has 0 amide bonds. The molecule has 0 aliphatic rings. The van der Waals surface area contributed by atoms with E-state index in [9.17, 15) is 9.59 Å². The lowest BCUT2D eigenvalue weighted by molar-refractivity contribution is -0.132. The molecule has 0 saturated carbocycles. The van der Waals surface area contributed by atoms with Crippen LogP contribution in [-0.4, -0.2) is 17.7 Å². The van der Waals surface area contributed by atoms with Gasteiger partial charge in [-0.1, -0.05) is 20.8 Å². The number of Topliss-reactive ketones (excluding diaryl/α,β-unsaturated/α-hetero) is 2. The van der Waals surface area contributed by atoms with Crippen molar-refractivity contribution in [2.75, 3.05) is 0 Å². The van der Waals surface area contributed by atoms with Crippen LogP contribution in [0.5, 0.6) is 0 Å². The lowest BCUT2D eigenvalue weighted by atomic mass is 9.79. The molecule has 0 aromatic carbocycles. The Morgan fingerprint density at radius 2 is 1.93 bits per heavy atom. The monoisotopic (exact) mass is 218 g/mol. The third-order valence-corrected chi connectivity index (χ3v) is 2.81. The van der Waals surface area contributed by atoms with Gasteiger partial charge >= 0.3 is 0 Å². The first-order valence-electron chi connectivity index (χ1n) is 4.74. The summed E-state index contributed by atoms with van der Waals surface area (Å²) in [6.07, 6.45) is 0.398. The SMILES string of the molecule is CCC(=O)C(C)(C)C(CC(C)=O)OP. The molecular formula is C10H19O3P. The molecule has 14 heavy (non-hydrogen) atoms. The van der Waals surface area contributed by atoms with Gasteiger partial charge in [0.25, 0.3) is 0 Å². The summed E-state index contributed by atoms with van der Waals surface area (Å²) in [5.74, 6) is 0.153. The van der Waals surface area contributed by atoms with Crippen molar-refractivity contribution in [1.29, 1.82) is 0 Å². The van der Waals surface area contributed by atoms with Crippen molar-refractivity contribution in [1.82, 2.24) is 0 Å².